The molecule has 5 nitrogen and oxygen atoms in total. The lowest BCUT2D eigenvalue weighted by Gasteiger charge is -2.45. The van der Waals surface area contributed by atoms with Crippen LogP contribution in [0.3, 0.4) is 0 Å². The van der Waals surface area contributed by atoms with Crippen molar-refractivity contribution in [3.63, 3.8) is 0 Å². The number of carbonyl (C=O) groups excluding carboxylic acids is 2. The number of carbonyl (C=O) groups is 2. The molecule has 0 radical (unpaired) electrons. The van der Waals surface area contributed by atoms with Crippen LogP contribution in [-0.2, 0) is 19.1 Å². The van der Waals surface area contributed by atoms with Crippen molar-refractivity contribution >= 4 is 11.8 Å². The summed E-state index contributed by atoms with van der Waals surface area (Å²) in [5, 5.41) is 10.3. The fourth-order valence-electron chi connectivity index (χ4n) is 4.88. The molecule has 4 bridgehead atoms. The van der Waals surface area contributed by atoms with Crippen molar-refractivity contribution in [2.75, 3.05) is 6.61 Å². The maximum atomic E-state index is 13.8. The molecule has 1 spiro atoms. The highest BCUT2D eigenvalue weighted by Gasteiger charge is 2.64. The maximum Gasteiger partial charge on any atom is 0.346 e. The number of hydrogen-bond acceptors (Lipinski definition) is 5. The number of hydrogen-bond donors (Lipinski definition) is 1. The van der Waals surface area contributed by atoms with Gasteiger partial charge in [-0.2, -0.15) is 0 Å². The maximum absolute atomic E-state index is 13.8. The van der Waals surface area contributed by atoms with Crippen LogP contribution in [0.2, 0.25) is 0 Å². The number of esters is 1. The molecule has 2 aliphatic carbocycles. The first kappa shape index (κ1) is 20.6. The minimum absolute atomic E-state index is 0.0197. The average Bonchev–Trinajstić information content (AvgIpc) is 2.91. The van der Waals surface area contributed by atoms with E-state index >= 15 is 0 Å². The van der Waals surface area contributed by atoms with Crippen molar-refractivity contribution in [3.05, 3.63) is 70.6 Å². The largest absolute Gasteiger partial charge is 0.488 e. The average molecular weight is 408 g/mol. The summed E-state index contributed by atoms with van der Waals surface area (Å²) in [6.07, 6.45) is 13.3. The van der Waals surface area contributed by atoms with Crippen molar-refractivity contribution < 1.29 is 24.2 Å². The molecule has 5 rings (SSSR count). The number of rotatable bonds is 0. The summed E-state index contributed by atoms with van der Waals surface area (Å²) in [6.45, 7) is 8.19. The molecule has 3 aliphatic heterocycles. The smallest absolute Gasteiger partial charge is 0.346 e. The van der Waals surface area contributed by atoms with Crippen LogP contribution in [0, 0.1) is 11.3 Å². The molecule has 158 valence electrons. The second-order valence-corrected chi connectivity index (χ2v) is 9.02. The third-order valence-corrected chi connectivity index (χ3v) is 6.62. The first-order valence-corrected chi connectivity index (χ1v) is 10.4. The Morgan fingerprint density at radius 1 is 1.13 bits per heavy atom. The second kappa shape index (κ2) is 7.24. The van der Waals surface area contributed by atoms with Crippen LogP contribution in [0.15, 0.2) is 70.6 Å². The summed E-state index contributed by atoms with van der Waals surface area (Å²) in [4.78, 5) is 26.7. The lowest BCUT2D eigenvalue weighted by molar-refractivity contribution is -0.162. The lowest BCUT2D eigenvalue weighted by atomic mass is 9.61. The standard InChI is InChI=1S/C25H28O5/c1-15-6-5-7-19(26)10-18-8-9-20(29-14-18)21-22(27)25(30-23(21)28)13-17(3)16(2)12-24(25,4)11-15/h5-6,8-12,17,19,26H,7,13-14H2,1-4H3/b6-5?,15-11?,18-10?,21-20-. The predicted molar refractivity (Wildman–Crippen MR) is 113 cm³/mol. The van der Waals surface area contributed by atoms with E-state index in [1.807, 2.05) is 39.0 Å². The van der Waals surface area contributed by atoms with Crippen molar-refractivity contribution in [1.82, 2.24) is 0 Å². The van der Waals surface area contributed by atoms with Gasteiger partial charge in [-0.1, -0.05) is 48.5 Å². The Kier molecular flexibility index (Phi) is 4.97. The van der Waals surface area contributed by atoms with Crippen molar-refractivity contribution in [2.24, 2.45) is 11.3 Å². The minimum Gasteiger partial charge on any atom is -0.488 e. The Labute approximate surface area is 177 Å². The summed E-state index contributed by atoms with van der Waals surface area (Å²) >= 11 is 0. The van der Waals surface area contributed by atoms with E-state index in [1.54, 1.807) is 18.2 Å². The van der Waals surface area contributed by atoms with E-state index < -0.39 is 23.1 Å². The van der Waals surface area contributed by atoms with E-state index in [9.17, 15) is 14.7 Å². The van der Waals surface area contributed by atoms with Gasteiger partial charge >= 0.3 is 5.97 Å². The Bertz CT molecular complexity index is 989. The van der Waals surface area contributed by atoms with Crippen molar-refractivity contribution in [3.8, 4) is 0 Å². The zero-order valence-electron chi connectivity index (χ0n) is 17.9. The molecular weight excluding hydrogens is 380 g/mol. The molecule has 5 heteroatoms. The van der Waals surface area contributed by atoms with Gasteiger partial charge in [0.05, 0.1) is 11.5 Å². The topological polar surface area (TPSA) is 72.8 Å². The van der Waals surface area contributed by atoms with Gasteiger partial charge in [0.15, 0.2) is 5.60 Å². The Balaban J connectivity index is 1.95. The van der Waals surface area contributed by atoms with E-state index in [4.69, 9.17) is 9.47 Å². The molecule has 30 heavy (non-hydrogen) atoms. The van der Waals surface area contributed by atoms with Gasteiger partial charge in [0.25, 0.3) is 0 Å². The van der Waals surface area contributed by atoms with Gasteiger partial charge in [0, 0.05) is 6.42 Å². The number of ether oxygens (including phenoxy) is 2. The highest BCUT2D eigenvalue weighted by atomic mass is 16.6. The number of aliphatic hydroxyl groups excluding tert-OH is 1. The summed E-state index contributed by atoms with van der Waals surface area (Å²) in [6, 6.07) is 0. The molecule has 5 aliphatic rings. The van der Waals surface area contributed by atoms with Gasteiger partial charge in [-0.25, -0.2) is 4.79 Å². The number of fused-ring (bicyclic) bond motifs is 5. The van der Waals surface area contributed by atoms with E-state index in [2.05, 4.69) is 13.0 Å². The normalized spacial score (nSPS) is 38.6. The monoisotopic (exact) mass is 408 g/mol. The summed E-state index contributed by atoms with van der Waals surface area (Å²) < 4.78 is 11.7. The first-order valence-electron chi connectivity index (χ1n) is 10.4. The number of Topliss-reactive ketones (excluding diaryl/α,β-unsaturated/α-hetero) is 1. The summed E-state index contributed by atoms with van der Waals surface area (Å²) in [7, 11) is 0. The van der Waals surface area contributed by atoms with Crippen LogP contribution in [-0.4, -0.2) is 35.2 Å². The van der Waals surface area contributed by atoms with Gasteiger partial charge in [-0.15, -0.1) is 0 Å². The molecule has 0 aromatic carbocycles. The molecule has 1 saturated heterocycles. The predicted octanol–water partition coefficient (Wildman–Crippen LogP) is 3.88. The summed E-state index contributed by atoms with van der Waals surface area (Å²) in [5.41, 5.74) is 0.782. The quantitative estimate of drug-likeness (QED) is 0.374. The van der Waals surface area contributed by atoms with Gasteiger partial charge in [0.2, 0.25) is 5.78 Å². The van der Waals surface area contributed by atoms with Crippen LogP contribution in [0.1, 0.15) is 40.5 Å². The highest BCUT2D eigenvalue weighted by molar-refractivity contribution is 6.26. The van der Waals surface area contributed by atoms with Gasteiger partial charge in [-0.3, -0.25) is 4.79 Å². The third kappa shape index (κ3) is 3.21. The molecule has 4 unspecified atom stereocenters. The van der Waals surface area contributed by atoms with Gasteiger partial charge in [0.1, 0.15) is 17.9 Å². The van der Waals surface area contributed by atoms with Crippen LogP contribution < -0.4 is 0 Å². The zero-order valence-corrected chi connectivity index (χ0v) is 17.9. The molecule has 0 amide bonds. The lowest BCUT2D eigenvalue weighted by Crippen LogP contribution is -2.53. The van der Waals surface area contributed by atoms with Gasteiger partial charge in [-0.05, 0) is 50.8 Å². The molecule has 3 heterocycles. The van der Waals surface area contributed by atoms with Crippen LogP contribution in [0.4, 0.5) is 0 Å². The van der Waals surface area contributed by atoms with Crippen LogP contribution in [0.25, 0.3) is 0 Å². The van der Waals surface area contributed by atoms with Gasteiger partial charge < -0.3 is 14.6 Å². The zero-order chi connectivity index (χ0) is 21.7. The molecule has 0 saturated carbocycles. The van der Waals surface area contributed by atoms with E-state index in [1.165, 1.54) is 0 Å². The fraction of sp³-hybridized carbons (Fsp3) is 0.440. The molecule has 1 N–H and O–H groups in total. The van der Waals surface area contributed by atoms with E-state index in [-0.39, 0.29) is 29.6 Å². The second-order valence-electron chi connectivity index (χ2n) is 9.02. The van der Waals surface area contributed by atoms with Crippen molar-refractivity contribution in [1.29, 1.82) is 0 Å². The first-order chi connectivity index (χ1) is 14.1. The van der Waals surface area contributed by atoms with Crippen LogP contribution in [0.5, 0.6) is 0 Å². The van der Waals surface area contributed by atoms with Crippen LogP contribution >= 0.6 is 0 Å². The third-order valence-electron chi connectivity index (χ3n) is 6.62. The molecule has 1 fully saturated rings. The minimum atomic E-state index is -1.30. The Morgan fingerprint density at radius 3 is 2.60 bits per heavy atom. The van der Waals surface area contributed by atoms with E-state index in [0.29, 0.717) is 12.8 Å². The van der Waals surface area contributed by atoms with E-state index in [0.717, 1.165) is 16.7 Å². The molecule has 4 atom stereocenters. The Morgan fingerprint density at radius 2 is 1.90 bits per heavy atom. The SMILES string of the molecule is CC1=CC2(C)C=C(C)C(C)CC23OC(=O)/C(=C2/C=CC(=CC(O)CC=C1)CO2)C3=O. The fourth-order valence-corrected chi connectivity index (χ4v) is 4.88. The molecule has 0 aromatic rings. The van der Waals surface area contributed by atoms with Crippen molar-refractivity contribution in [2.45, 2.75) is 52.2 Å². The number of aliphatic hydroxyl groups is 1. The Hall–Kier alpha value is -2.66. The summed E-state index contributed by atoms with van der Waals surface area (Å²) in [5.74, 6) is -0.603. The number of ketones is 1. The highest BCUT2D eigenvalue weighted by Crippen LogP contribution is 2.53. The molecular formula is C25H28O5. The number of allylic oxidation sites excluding steroid dienone is 4. The molecule has 0 aromatic heterocycles.